The summed E-state index contributed by atoms with van der Waals surface area (Å²) in [5, 5.41) is 0. The molecule has 0 aromatic heterocycles. The van der Waals surface area contributed by atoms with Crippen LogP contribution in [0, 0.1) is 0 Å². The highest BCUT2D eigenvalue weighted by Gasteiger charge is 2.46. The molecule has 2 unspecified atom stereocenters. The van der Waals surface area contributed by atoms with Crippen molar-refractivity contribution in [2.75, 3.05) is 17.7 Å². The third-order valence-electron chi connectivity index (χ3n) is 4.15. The van der Waals surface area contributed by atoms with Gasteiger partial charge < -0.3 is 4.90 Å². The first-order valence-electron chi connectivity index (χ1n) is 6.91. The second kappa shape index (κ2) is 5.13. The molecule has 4 nitrogen and oxygen atoms in total. The van der Waals surface area contributed by atoms with Crippen LogP contribution < -0.4 is 4.90 Å². The smallest absolute Gasteiger partial charge is 0.250 e. The monoisotopic (exact) mass is 290 g/mol. The van der Waals surface area contributed by atoms with Crippen molar-refractivity contribution in [3.8, 4) is 0 Å². The lowest BCUT2D eigenvalue weighted by Crippen LogP contribution is -2.62. The van der Waals surface area contributed by atoms with Crippen LogP contribution in [0.2, 0.25) is 0 Å². The van der Waals surface area contributed by atoms with Crippen molar-refractivity contribution < 1.29 is 9.59 Å². The number of amides is 2. The molecule has 2 atom stereocenters. The molecule has 20 heavy (non-hydrogen) atoms. The molecule has 2 fully saturated rings. The normalized spacial score (nSPS) is 26.1. The van der Waals surface area contributed by atoms with E-state index in [1.54, 1.807) is 21.6 Å². The van der Waals surface area contributed by atoms with Crippen LogP contribution in [0.1, 0.15) is 19.8 Å². The van der Waals surface area contributed by atoms with Crippen molar-refractivity contribution in [2.24, 2.45) is 0 Å². The maximum atomic E-state index is 12.6. The first-order chi connectivity index (χ1) is 9.63. The minimum atomic E-state index is -0.406. The van der Waals surface area contributed by atoms with Crippen molar-refractivity contribution in [1.82, 2.24) is 4.90 Å². The fraction of sp³-hybridized carbons (Fsp3) is 0.467. The zero-order valence-electron chi connectivity index (χ0n) is 11.7. The average Bonchev–Trinajstić information content (AvgIpc) is 2.96. The number of thioether (sulfide) groups is 1. The second-order valence-corrected chi connectivity index (χ2v) is 6.15. The Bertz CT molecular complexity index is 543. The van der Waals surface area contributed by atoms with Gasteiger partial charge in [-0.25, -0.2) is 0 Å². The van der Waals surface area contributed by atoms with E-state index in [1.807, 2.05) is 37.4 Å². The zero-order valence-corrected chi connectivity index (χ0v) is 12.5. The van der Waals surface area contributed by atoms with Crippen LogP contribution in [0.25, 0.3) is 0 Å². The van der Waals surface area contributed by atoms with E-state index >= 15 is 0 Å². The average molecular weight is 290 g/mol. The van der Waals surface area contributed by atoms with E-state index in [0.717, 1.165) is 30.0 Å². The Labute approximate surface area is 123 Å². The maximum absolute atomic E-state index is 12.6. The van der Waals surface area contributed by atoms with E-state index < -0.39 is 6.04 Å². The molecule has 2 saturated heterocycles. The van der Waals surface area contributed by atoms with Crippen LogP contribution in [-0.4, -0.2) is 41.6 Å². The standard InChI is InChI=1S/C15H18N2O2S/c1-10-14(18)16-9-3-4-13(16)15(19)17(10)11-5-7-12(20-2)8-6-11/h5-8,10,13H,3-4,9H2,1-2H3. The van der Waals surface area contributed by atoms with E-state index in [4.69, 9.17) is 0 Å². The SMILES string of the molecule is CSc1ccc(N2C(=O)C3CCCN3C(=O)C2C)cc1. The number of carbonyl (C=O) groups excluding carboxylic acids is 2. The molecule has 3 rings (SSSR count). The fourth-order valence-electron chi connectivity index (χ4n) is 3.08. The lowest BCUT2D eigenvalue weighted by atomic mass is 10.1. The molecule has 106 valence electrons. The molecule has 0 saturated carbocycles. The molecule has 5 heteroatoms. The summed E-state index contributed by atoms with van der Waals surface area (Å²) in [5.74, 6) is 0.132. The highest BCUT2D eigenvalue weighted by Crippen LogP contribution is 2.31. The molecule has 2 aliphatic rings. The first-order valence-corrected chi connectivity index (χ1v) is 8.13. The number of piperazine rings is 1. The summed E-state index contributed by atoms with van der Waals surface area (Å²) in [7, 11) is 0. The molecule has 2 heterocycles. The van der Waals surface area contributed by atoms with Gasteiger partial charge in [-0.05, 0) is 50.3 Å². The molecule has 0 radical (unpaired) electrons. The van der Waals surface area contributed by atoms with E-state index in [0.29, 0.717) is 0 Å². The van der Waals surface area contributed by atoms with Crippen LogP contribution in [-0.2, 0) is 9.59 Å². The van der Waals surface area contributed by atoms with Crippen LogP contribution in [0.5, 0.6) is 0 Å². The maximum Gasteiger partial charge on any atom is 0.250 e. The van der Waals surface area contributed by atoms with Crippen LogP contribution in [0.15, 0.2) is 29.2 Å². The molecule has 2 aliphatic heterocycles. The summed E-state index contributed by atoms with van der Waals surface area (Å²) in [6, 6.07) is 7.18. The van der Waals surface area contributed by atoms with Gasteiger partial charge in [0.2, 0.25) is 5.91 Å². The Hall–Kier alpha value is -1.49. The number of benzene rings is 1. The number of hydrogen-bond donors (Lipinski definition) is 0. The fourth-order valence-corrected chi connectivity index (χ4v) is 3.49. The predicted molar refractivity (Wildman–Crippen MR) is 79.9 cm³/mol. The Morgan fingerprint density at radius 2 is 1.85 bits per heavy atom. The van der Waals surface area contributed by atoms with Gasteiger partial charge in [0.25, 0.3) is 5.91 Å². The van der Waals surface area contributed by atoms with Crippen LogP contribution >= 0.6 is 11.8 Å². The highest BCUT2D eigenvalue weighted by atomic mass is 32.2. The molecular formula is C15H18N2O2S. The lowest BCUT2D eigenvalue weighted by molar-refractivity contribution is -0.143. The molecular weight excluding hydrogens is 272 g/mol. The number of anilines is 1. The summed E-state index contributed by atoms with van der Waals surface area (Å²) in [4.78, 5) is 29.6. The number of nitrogens with zero attached hydrogens (tertiary/aromatic N) is 2. The van der Waals surface area contributed by atoms with E-state index in [9.17, 15) is 9.59 Å². The van der Waals surface area contributed by atoms with E-state index in [-0.39, 0.29) is 17.9 Å². The number of fused-ring (bicyclic) bond motifs is 1. The molecule has 1 aromatic rings. The third-order valence-corrected chi connectivity index (χ3v) is 4.90. The molecule has 1 aromatic carbocycles. The number of carbonyl (C=O) groups is 2. The van der Waals surface area contributed by atoms with Gasteiger partial charge in [-0.1, -0.05) is 0 Å². The Morgan fingerprint density at radius 1 is 1.15 bits per heavy atom. The quantitative estimate of drug-likeness (QED) is 0.784. The van der Waals surface area contributed by atoms with Gasteiger partial charge in [-0.15, -0.1) is 11.8 Å². The van der Waals surface area contributed by atoms with Crippen molar-refractivity contribution in [3.63, 3.8) is 0 Å². The minimum Gasteiger partial charge on any atom is -0.329 e. The summed E-state index contributed by atoms with van der Waals surface area (Å²) in [6.45, 7) is 2.54. The Kier molecular flexibility index (Phi) is 3.46. The second-order valence-electron chi connectivity index (χ2n) is 5.27. The van der Waals surface area contributed by atoms with Gasteiger partial charge in [0.05, 0.1) is 0 Å². The van der Waals surface area contributed by atoms with Gasteiger partial charge in [-0.3, -0.25) is 14.5 Å². The summed E-state index contributed by atoms with van der Waals surface area (Å²) in [6.07, 6.45) is 3.73. The van der Waals surface area contributed by atoms with Gasteiger partial charge in [-0.2, -0.15) is 0 Å². The zero-order chi connectivity index (χ0) is 14.3. The Morgan fingerprint density at radius 3 is 2.50 bits per heavy atom. The topological polar surface area (TPSA) is 40.6 Å². The van der Waals surface area contributed by atoms with Crippen molar-refractivity contribution in [1.29, 1.82) is 0 Å². The van der Waals surface area contributed by atoms with Crippen LogP contribution in [0.3, 0.4) is 0 Å². The van der Waals surface area contributed by atoms with Crippen LogP contribution in [0.4, 0.5) is 5.69 Å². The highest BCUT2D eigenvalue weighted by molar-refractivity contribution is 7.98. The van der Waals surface area contributed by atoms with Gasteiger partial charge in [0, 0.05) is 17.1 Å². The lowest BCUT2D eigenvalue weighted by Gasteiger charge is -2.40. The van der Waals surface area contributed by atoms with E-state index in [2.05, 4.69) is 0 Å². The molecule has 0 bridgehead atoms. The minimum absolute atomic E-state index is 0.0616. The molecule has 0 aliphatic carbocycles. The number of rotatable bonds is 2. The number of hydrogen-bond acceptors (Lipinski definition) is 3. The van der Waals surface area contributed by atoms with Crippen molar-refractivity contribution in [2.45, 2.75) is 36.7 Å². The first kappa shape index (κ1) is 13.5. The largest absolute Gasteiger partial charge is 0.329 e. The van der Waals surface area contributed by atoms with Crippen molar-refractivity contribution >= 4 is 29.3 Å². The van der Waals surface area contributed by atoms with Gasteiger partial charge in [0.15, 0.2) is 0 Å². The summed E-state index contributed by atoms with van der Waals surface area (Å²) < 4.78 is 0. The predicted octanol–water partition coefficient (Wildman–Crippen LogP) is 2.13. The van der Waals surface area contributed by atoms with Crippen molar-refractivity contribution in [3.05, 3.63) is 24.3 Å². The summed E-state index contributed by atoms with van der Waals surface area (Å²) >= 11 is 1.66. The molecule has 2 amide bonds. The van der Waals surface area contributed by atoms with Gasteiger partial charge >= 0.3 is 0 Å². The van der Waals surface area contributed by atoms with E-state index in [1.165, 1.54) is 0 Å². The third kappa shape index (κ3) is 2.00. The molecule has 0 spiro atoms. The molecule has 0 N–H and O–H groups in total. The van der Waals surface area contributed by atoms with Gasteiger partial charge in [0.1, 0.15) is 12.1 Å². The summed E-state index contributed by atoms with van der Waals surface area (Å²) in [5.41, 5.74) is 0.820. The Balaban J connectivity index is 1.94.